The van der Waals surface area contributed by atoms with Gasteiger partial charge in [0.1, 0.15) is 6.04 Å². The Balaban J connectivity index is 1.65. The molecule has 1 N–H and O–H groups in total. The van der Waals surface area contributed by atoms with E-state index < -0.39 is 28.5 Å². The molecule has 1 atom stereocenters. The summed E-state index contributed by atoms with van der Waals surface area (Å²) >= 11 is 6.19. The standard InChI is InChI=1S/C30H30ClN3O4S/c1-32-30(36)28(18-22-9-4-3-5-10-22)34(20-23-11-8-14-26(31)17-23)29(35)21-33(2)39(37,38)27-16-15-24-12-6-7-13-25(24)19-27/h3-17,19,28H,18,20-21H2,1-2H3,(H,32,36)/t28-/m0/s1. The Bertz CT molecular complexity index is 1580. The van der Waals surface area contributed by atoms with Gasteiger partial charge in [0.05, 0.1) is 11.4 Å². The van der Waals surface area contributed by atoms with E-state index in [1.54, 1.807) is 30.3 Å². The third kappa shape index (κ3) is 6.84. The van der Waals surface area contributed by atoms with Crippen LogP contribution < -0.4 is 5.32 Å². The van der Waals surface area contributed by atoms with Gasteiger partial charge in [0.25, 0.3) is 0 Å². The van der Waals surface area contributed by atoms with E-state index in [0.29, 0.717) is 5.02 Å². The summed E-state index contributed by atoms with van der Waals surface area (Å²) in [6.07, 6.45) is 0.258. The summed E-state index contributed by atoms with van der Waals surface area (Å²) in [5.74, 6) is -0.861. The molecule has 202 valence electrons. The van der Waals surface area contributed by atoms with Crippen LogP contribution in [0.25, 0.3) is 10.8 Å². The number of nitrogens with zero attached hydrogens (tertiary/aromatic N) is 2. The number of amides is 2. The van der Waals surface area contributed by atoms with Crippen LogP contribution in [0.15, 0.2) is 102 Å². The van der Waals surface area contributed by atoms with Crippen LogP contribution in [0.2, 0.25) is 5.02 Å². The minimum absolute atomic E-state index is 0.0776. The summed E-state index contributed by atoms with van der Waals surface area (Å²) in [5.41, 5.74) is 1.59. The van der Waals surface area contributed by atoms with E-state index >= 15 is 0 Å². The van der Waals surface area contributed by atoms with E-state index in [1.165, 1.54) is 25.1 Å². The van der Waals surface area contributed by atoms with E-state index in [1.807, 2.05) is 60.7 Å². The number of carbonyl (C=O) groups excluding carboxylic acids is 2. The number of carbonyl (C=O) groups is 2. The normalized spacial score (nSPS) is 12.3. The fourth-order valence-electron chi connectivity index (χ4n) is 4.43. The van der Waals surface area contributed by atoms with E-state index in [9.17, 15) is 18.0 Å². The third-order valence-electron chi connectivity index (χ3n) is 6.55. The first-order chi connectivity index (χ1) is 18.7. The molecule has 0 aromatic heterocycles. The van der Waals surface area contributed by atoms with Gasteiger partial charge in [0.2, 0.25) is 21.8 Å². The van der Waals surface area contributed by atoms with E-state index in [-0.39, 0.29) is 23.8 Å². The monoisotopic (exact) mass is 563 g/mol. The molecule has 0 fully saturated rings. The minimum Gasteiger partial charge on any atom is -0.357 e. The van der Waals surface area contributed by atoms with Crippen LogP contribution in [0.4, 0.5) is 0 Å². The Kier molecular flexibility index (Phi) is 9.01. The van der Waals surface area contributed by atoms with Gasteiger partial charge in [-0.3, -0.25) is 9.59 Å². The topological polar surface area (TPSA) is 86.8 Å². The van der Waals surface area contributed by atoms with Crippen LogP contribution in [0, 0.1) is 0 Å². The first-order valence-corrected chi connectivity index (χ1v) is 14.3. The fourth-order valence-corrected chi connectivity index (χ4v) is 5.80. The van der Waals surface area contributed by atoms with Gasteiger partial charge in [-0.05, 0) is 46.2 Å². The second kappa shape index (κ2) is 12.4. The van der Waals surface area contributed by atoms with Gasteiger partial charge < -0.3 is 10.2 Å². The molecular weight excluding hydrogens is 534 g/mol. The second-order valence-electron chi connectivity index (χ2n) is 9.24. The van der Waals surface area contributed by atoms with Gasteiger partial charge in [-0.15, -0.1) is 0 Å². The molecule has 0 aliphatic heterocycles. The van der Waals surface area contributed by atoms with Gasteiger partial charge in [0, 0.05) is 32.1 Å². The Labute approximate surface area is 234 Å². The molecule has 7 nitrogen and oxygen atoms in total. The third-order valence-corrected chi connectivity index (χ3v) is 8.58. The lowest BCUT2D eigenvalue weighted by molar-refractivity contribution is -0.141. The maximum Gasteiger partial charge on any atom is 0.243 e. The molecule has 9 heteroatoms. The molecular formula is C30H30ClN3O4S. The van der Waals surface area contributed by atoms with Gasteiger partial charge in [-0.2, -0.15) is 4.31 Å². The number of hydrogen-bond donors (Lipinski definition) is 1. The average molecular weight is 564 g/mol. The highest BCUT2D eigenvalue weighted by Gasteiger charge is 2.32. The largest absolute Gasteiger partial charge is 0.357 e. The number of fused-ring (bicyclic) bond motifs is 1. The number of likely N-dealkylation sites (N-methyl/N-ethyl adjacent to an activating group) is 2. The molecule has 2 amide bonds. The molecule has 0 spiro atoms. The van der Waals surface area contributed by atoms with Crippen molar-refractivity contribution in [2.24, 2.45) is 0 Å². The molecule has 4 aromatic rings. The van der Waals surface area contributed by atoms with Gasteiger partial charge in [0.15, 0.2) is 0 Å². The molecule has 0 unspecified atom stereocenters. The molecule has 0 radical (unpaired) electrons. The van der Waals surface area contributed by atoms with Crippen LogP contribution in [-0.2, 0) is 32.6 Å². The Morgan fingerprint density at radius 1 is 0.846 bits per heavy atom. The maximum absolute atomic E-state index is 13.8. The lowest BCUT2D eigenvalue weighted by Crippen LogP contribution is -2.52. The van der Waals surface area contributed by atoms with Gasteiger partial charge in [-0.25, -0.2) is 8.42 Å². The van der Waals surface area contributed by atoms with Crippen molar-refractivity contribution < 1.29 is 18.0 Å². The summed E-state index contributed by atoms with van der Waals surface area (Å²) in [7, 11) is -1.11. The number of benzene rings is 4. The molecule has 0 aliphatic rings. The summed E-state index contributed by atoms with van der Waals surface area (Å²) in [4.78, 5) is 28.4. The molecule has 4 aromatic carbocycles. The van der Waals surface area contributed by atoms with Crippen molar-refractivity contribution >= 4 is 44.2 Å². The second-order valence-corrected chi connectivity index (χ2v) is 11.7. The molecule has 4 rings (SSSR count). The van der Waals surface area contributed by atoms with E-state index in [0.717, 1.165) is 26.2 Å². The summed E-state index contributed by atoms with van der Waals surface area (Å²) in [6, 6.07) is 27.8. The van der Waals surface area contributed by atoms with Crippen molar-refractivity contribution in [1.82, 2.24) is 14.5 Å². The fraction of sp³-hybridized carbons (Fsp3) is 0.200. The average Bonchev–Trinajstić information content (AvgIpc) is 2.94. The van der Waals surface area contributed by atoms with Crippen molar-refractivity contribution in [3.05, 3.63) is 113 Å². The predicted octanol–water partition coefficient (Wildman–Crippen LogP) is 4.50. The lowest BCUT2D eigenvalue weighted by atomic mass is 10.0. The minimum atomic E-state index is -3.98. The molecule has 0 bridgehead atoms. The van der Waals surface area contributed by atoms with Crippen molar-refractivity contribution in [1.29, 1.82) is 0 Å². The zero-order valence-electron chi connectivity index (χ0n) is 21.7. The number of hydrogen-bond acceptors (Lipinski definition) is 4. The predicted molar refractivity (Wildman–Crippen MR) is 154 cm³/mol. The van der Waals surface area contributed by atoms with Gasteiger partial charge >= 0.3 is 0 Å². The maximum atomic E-state index is 13.8. The molecule has 0 saturated carbocycles. The van der Waals surface area contributed by atoms with E-state index in [4.69, 9.17) is 11.6 Å². The first-order valence-electron chi connectivity index (χ1n) is 12.4. The highest BCUT2D eigenvalue weighted by molar-refractivity contribution is 7.89. The van der Waals surface area contributed by atoms with Crippen LogP contribution >= 0.6 is 11.6 Å². The van der Waals surface area contributed by atoms with Crippen molar-refractivity contribution in [3.63, 3.8) is 0 Å². The van der Waals surface area contributed by atoms with Crippen molar-refractivity contribution in [2.75, 3.05) is 20.6 Å². The quantitative estimate of drug-likeness (QED) is 0.308. The molecule has 0 heterocycles. The molecule has 39 heavy (non-hydrogen) atoms. The Hall–Kier alpha value is -3.72. The highest BCUT2D eigenvalue weighted by Crippen LogP contribution is 2.22. The number of sulfonamides is 1. The Morgan fingerprint density at radius 3 is 2.21 bits per heavy atom. The van der Waals surface area contributed by atoms with Crippen LogP contribution in [-0.4, -0.2) is 56.1 Å². The smallest absolute Gasteiger partial charge is 0.243 e. The molecule has 0 saturated heterocycles. The summed E-state index contributed by atoms with van der Waals surface area (Å²) in [5, 5.41) is 4.84. The SMILES string of the molecule is CNC(=O)[C@H](Cc1ccccc1)N(Cc1cccc(Cl)c1)C(=O)CN(C)S(=O)(=O)c1ccc2ccccc2c1. The van der Waals surface area contributed by atoms with Crippen LogP contribution in [0.3, 0.4) is 0 Å². The first kappa shape index (κ1) is 28.3. The number of nitrogens with one attached hydrogen (secondary N) is 1. The zero-order valence-corrected chi connectivity index (χ0v) is 23.3. The number of rotatable bonds is 10. The lowest BCUT2D eigenvalue weighted by Gasteiger charge is -2.32. The zero-order chi connectivity index (χ0) is 28.0. The van der Waals surface area contributed by atoms with Crippen LogP contribution in [0.5, 0.6) is 0 Å². The summed E-state index contributed by atoms with van der Waals surface area (Å²) in [6.45, 7) is -0.369. The molecule has 0 aliphatic carbocycles. The Morgan fingerprint density at radius 2 is 1.51 bits per heavy atom. The van der Waals surface area contributed by atoms with Crippen molar-refractivity contribution in [2.45, 2.75) is 23.9 Å². The van der Waals surface area contributed by atoms with Crippen molar-refractivity contribution in [3.8, 4) is 0 Å². The number of halogens is 1. The van der Waals surface area contributed by atoms with E-state index in [2.05, 4.69) is 5.32 Å². The summed E-state index contributed by atoms with van der Waals surface area (Å²) < 4.78 is 27.9. The highest BCUT2D eigenvalue weighted by atomic mass is 35.5. The van der Waals surface area contributed by atoms with Gasteiger partial charge in [-0.1, -0.05) is 84.4 Å². The van der Waals surface area contributed by atoms with Crippen LogP contribution in [0.1, 0.15) is 11.1 Å².